The summed E-state index contributed by atoms with van der Waals surface area (Å²) in [5, 5.41) is 22.2. The molecule has 0 radical (unpaired) electrons. The lowest BCUT2D eigenvalue weighted by Crippen LogP contribution is -2.38. The maximum atomic E-state index is 9.68. The molecule has 0 spiro atoms. The van der Waals surface area contributed by atoms with Gasteiger partial charge in [0, 0.05) is 17.6 Å². The molecule has 1 rings (SSSR count). The summed E-state index contributed by atoms with van der Waals surface area (Å²) in [6.45, 7) is 4.37. The number of halogens is 1. The predicted molar refractivity (Wildman–Crippen MR) is 72.2 cm³/mol. The Morgan fingerprint density at radius 1 is 1.44 bits per heavy atom. The third-order valence-electron chi connectivity index (χ3n) is 2.55. The van der Waals surface area contributed by atoms with Crippen LogP contribution in [-0.4, -0.2) is 42.1 Å². The normalized spacial score (nSPS) is 14.3. The molecule has 0 aliphatic heterocycles. The molecular formula is C13H20ClNO3. The third-order valence-corrected chi connectivity index (χ3v) is 2.97. The van der Waals surface area contributed by atoms with Crippen molar-refractivity contribution in [1.29, 1.82) is 0 Å². The van der Waals surface area contributed by atoms with Gasteiger partial charge >= 0.3 is 0 Å². The highest BCUT2D eigenvalue weighted by atomic mass is 35.5. The number of rotatable bonds is 7. The molecule has 0 heterocycles. The van der Waals surface area contributed by atoms with Crippen LogP contribution in [0.4, 0.5) is 0 Å². The maximum Gasteiger partial charge on any atom is 0.119 e. The molecule has 0 saturated heterocycles. The van der Waals surface area contributed by atoms with Crippen molar-refractivity contribution in [3.05, 3.63) is 28.8 Å². The van der Waals surface area contributed by atoms with Gasteiger partial charge in [-0.15, -0.1) is 0 Å². The van der Waals surface area contributed by atoms with E-state index >= 15 is 0 Å². The second-order valence-electron chi connectivity index (χ2n) is 4.37. The highest BCUT2D eigenvalue weighted by Gasteiger charge is 2.07. The van der Waals surface area contributed by atoms with Gasteiger partial charge in [0.1, 0.15) is 18.5 Å². The van der Waals surface area contributed by atoms with E-state index in [9.17, 15) is 5.11 Å². The van der Waals surface area contributed by atoms with Gasteiger partial charge in [0.15, 0.2) is 0 Å². The molecule has 2 atom stereocenters. The van der Waals surface area contributed by atoms with Crippen LogP contribution in [0.25, 0.3) is 0 Å². The summed E-state index contributed by atoms with van der Waals surface area (Å²) in [6.07, 6.45) is -0.616. The van der Waals surface area contributed by atoms with E-state index in [2.05, 4.69) is 5.32 Å². The van der Waals surface area contributed by atoms with E-state index < -0.39 is 6.10 Å². The quantitative estimate of drug-likeness (QED) is 0.702. The molecule has 102 valence electrons. The Bertz CT molecular complexity index is 373. The minimum absolute atomic E-state index is 0.0302. The highest BCUT2D eigenvalue weighted by Crippen LogP contribution is 2.20. The monoisotopic (exact) mass is 273 g/mol. The van der Waals surface area contributed by atoms with Gasteiger partial charge in [0.2, 0.25) is 0 Å². The van der Waals surface area contributed by atoms with E-state index in [0.717, 1.165) is 5.56 Å². The van der Waals surface area contributed by atoms with Crippen molar-refractivity contribution >= 4 is 11.6 Å². The Morgan fingerprint density at radius 3 is 2.78 bits per heavy atom. The minimum Gasteiger partial charge on any atom is -0.491 e. The molecule has 5 heteroatoms. The first-order valence-corrected chi connectivity index (χ1v) is 6.32. The molecule has 0 aliphatic carbocycles. The Hall–Kier alpha value is -0.810. The maximum absolute atomic E-state index is 9.68. The van der Waals surface area contributed by atoms with Crippen molar-refractivity contribution < 1.29 is 14.9 Å². The zero-order valence-corrected chi connectivity index (χ0v) is 11.4. The summed E-state index contributed by atoms with van der Waals surface area (Å²) in [4.78, 5) is 0. The Balaban J connectivity index is 2.33. The minimum atomic E-state index is -0.616. The summed E-state index contributed by atoms with van der Waals surface area (Å²) in [6, 6.07) is 5.34. The van der Waals surface area contributed by atoms with Crippen molar-refractivity contribution in [2.45, 2.75) is 26.0 Å². The average Bonchev–Trinajstić information content (AvgIpc) is 2.37. The Morgan fingerprint density at radius 2 is 2.17 bits per heavy atom. The fourth-order valence-electron chi connectivity index (χ4n) is 1.36. The molecule has 2 unspecified atom stereocenters. The molecule has 1 aromatic rings. The molecule has 18 heavy (non-hydrogen) atoms. The molecule has 0 aliphatic rings. The predicted octanol–water partition coefficient (Wildman–Crippen LogP) is 1.36. The van der Waals surface area contributed by atoms with Gasteiger partial charge in [-0.05, 0) is 37.6 Å². The molecule has 0 fully saturated rings. The van der Waals surface area contributed by atoms with E-state index in [0.29, 0.717) is 17.3 Å². The van der Waals surface area contributed by atoms with Crippen LogP contribution in [0.2, 0.25) is 5.02 Å². The van der Waals surface area contributed by atoms with Crippen LogP contribution < -0.4 is 10.1 Å². The zero-order valence-electron chi connectivity index (χ0n) is 10.7. The Kier molecular flexibility index (Phi) is 6.43. The highest BCUT2D eigenvalue weighted by molar-refractivity contribution is 6.31. The van der Waals surface area contributed by atoms with Crippen molar-refractivity contribution in [3.8, 4) is 5.75 Å². The molecule has 0 bridgehead atoms. The van der Waals surface area contributed by atoms with Crippen molar-refractivity contribution in [3.63, 3.8) is 0 Å². The lowest BCUT2D eigenvalue weighted by atomic mass is 10.2. The van der Waals surface area contributed by atoms with Crippen LogP contribution >= 0.6 is 11.6 Å². The number of ether oxygens (including phenoxy) is 1. The van der Waals surface area contributed by atoms with E-state index in [1.54, 1.807) is 12.1 Å². The second kappa shape index (κ2) is 7.59. The van der Waals surface area contributed by atoms with Crippen LogP contribution in [0.1, 0.15) is 12.5 Å². The molecular weight excluding hydrogens is 254 g/mol. The third kappa shape index (κ3) is 5.23. The van der Waals surface area contributed by atoms with Crippen LogP contribution in [0, 0.1) is 6.92 Å². The lowest BCUT2D eigenvalue weighted by molar-refractivity contribution is 0.101. The van der Waals surface area contributed by atoms with Gasteiger partial charge in [-0.25, -0.2) is 0 Å². The lowest BCUT2D eigenvalue weighted by Gasteiger charge is -2.16. The summed E-state index contributed by atoms with van der Waals surface area (Å²) in [5.74, 6) is 0.686. The fraction of sp³-hybridized carbons (Fsp3) is 0.538. The van der Waals surface area contributed by atoms with E-state index in [1.807, 2.05) is 19.9 Å². The van der Waals surface area contributed by atoms with Gasteiger partial charge in [-0.2, -0.15) is 0 Å². The van der Waals surface area contributed by atoms with E-state index in [1.165, 1.54) is 0 Å². The van der Waals surface area contributed by atoms with Crippen LogP contribution in [0.3, 0.4) is 0 Å². The molecule has 0 aromatic heterocycles. The van der Waals surface area contributed by atoms with Crippen molar-refractivity contribution in [2.75, 3.05) is 19.8 Å². The van der Waals surface area contributed by atoms with Crippen LogP contribution in [0.5, 0.6) is 5.75 Å². The summed E-state index contributed by atoms with van der Waals surface area (Å²) < 4.78 is 5.46. The first-order valence-electron chi connectivity index (χ1n) is 5.94. The number of aliphatic hydroxyl groups excluding tert-OH is 2. The number of aryl methyl sites for hydroxylation is 1. The van der Waals surface area contributed by atoms with E-state index in [4.69, 9.17) is 21.4 Å². The van der Waals surface area contributed by atoms with Gasteiger partial charge < -0.3 is 20.3 Å². The number of hydrogen-bond acceptors (Lipinski definition) is 4. The standard InChI is InChI=1S/C13H20ClNO3/c1-9-5-12(3-4-13(9)14)18-8-11(17)6-15-10(2)7-16/h3-5,10-11,15-17H,6-8H2,1-2H3. The van der Waals surface area contributed by atoms with Crippen molar-refractivity contribution in [2.24, 2.45) is 0 Å². The fourth-order valence-corrected chi connectivity index (χ4v) is 1.48. The largest absolute Gasteiger partial charge is 0.491 e. The smallest absolute Gasteiger partial charge is 0.119 e. The summed E-state index contributed by atoms with van der Waals surface area (Å²) >= 11 is 5.91. The zero-order chi connectivity index (χ0) is 13.5. The topological polar surface area (TPSA) is 61.7 Å². The van der Waals surface area contributed by atoms with Gasteiger partial charge in [-0.3, -0.25) is 0 Å². The first-order chi connectivity index (χ1) is 8.52. The molecule has 4 nitrogen and oxygen atoms in total. The first kappa shape index (κ1) is 15.2. The summed E-state index contributed by atoms with van der Waals surface area (Å²) in [7, 11) is 0. The van der Waals surface area contributed by atoms with Gasteiger partial charge in [-0.1, -0.05) is 11.6 Å². The molecule has 3 N–H and O–H groups in total. The van der Waals surface area contributed by atoms with E-state index in [-0.39, 0.29) is 19.3 Å². The van der Waals surface area contributed by atoms with Crippen molar-refractivity contribution in [1.82, 2.24) is 5.32 Å². The van der Waals surface area contributed by atoms with Crippen LogP contribution in [-0.2, 0) is 0 Å². The SMILES string of the molecule is Cc1cc(OCC(O)CNC(C)CO)ccc1Cl. The summed E-state index contributed by atoms with van der Waals surface area (Å²) in [5.41, 5.74) is 0.940. The second-order valence-corrected chi connectivity index (χ2v) is 4.77. The van der Waals surface area contributed by atoms with Crippen LogP contribution in [0.15, 0.2) is 18.2 Å². The average molecular weight is 274 g/mol. The Labute approximate surface area is 113 Å². The molecule has 0 saturated carbocycles. The number of aliphatic hydroxyl groups is 2. The number of hydrogen-bond donors (Lipinski definition) is 3. The number of nitrogens with one attached hydrogen (secondary N) is 1. The number of benzene rings is 1. The van der Waals surface area contributed by atoms with Gasteiger partial charge in [0.05, 0.1) is 6.61 Å². The molecule has 0 amide bonds. The molecule has 1 aromatic carbocycles. The van der Waals surface area contributed by atoms with Gasteiger partial charge in [0.25, 0.3) is 0 Å².